The third kappa shape index (κ3) is 45.9. The topological polar surface area (TPSA) is 186 Å². The van der Waals surface area contributed by atoms with Crippen LogP contribution in [0.15, 0.2) is 12.2 Å². The Balaban J connectivity index is 2.25. The second-order valence-electron chi connectivity index (χ2n) is 22.4. The lowest BCUT2D eigenvalue weighted by Gasteiger charge is -2.40. The summed E-state index contributed by atoms with van der Waals surface area (Å²) >= 11 is 0. The molecule has 4 N–H and O–H groups in total. The molecule has 1 heterocycles. The molecule has 75 heavy (non-hydrogen) atoms. The van der Waals surface area contributed by atoms with E-state index in [0.717, 1.165) is 38.5 Å². The third-order valence-corrected chi connectivity index (χ3v) is 15.8. The van der Waals surface area contributed by atoms with Crippen LogP contribution in [0.25, 0.3) is 0 Å². The van der Waals surface area contributed by atoms with Crippen molar-refractivity contribution in [2.45, 2.75) is 352 Å². The Hall–Kier alpha value is -1.61. The smallest absolute Gasteiger partial charge is 0.306 e. The molecule has 0 aromatic heterocycles. The van der Waals surface area contributed by atoms with Gasteiger partial charge in [0, 0.05) is 12.8 Å². The van der Waals surface area contributed by atoms with Crippen molar-refractivity contribution >= 4 is 22.1 Å². The minimum atomic E-state index is -4.61. The number of allylic oxidation sites excluding steroid dienone is 2. The summed E-state index contributed by atoms with van der Waals surface area (Å²) in [7, 11) is -4.61. The first-order valence-corrected chi connectivity index (χ1v) is 33.4. The SMILES string of the molecule is CCCCCCCCCC/C=C\CCCCCCCCCCCCCC(=O)OC(COC(=O)CCCCCCCCCCCCCCCCCCCCCCCCCC)COC1OC(CS(=O)(=O)O)C(O)C(O)C1O. The fraction of sp³-hybridized carbons (Fsp3) is 0.935. The van der Waals surface area contributed by atoms with Gasteiger partial charge in [-0.15, -0.1) is 0 Å². The average Bonchev–Trinajstić information content (AvgIpc) is 3.38. The van der Waals surface area contributed by atoms with E-state index in [1.807, 2.05) is 0 Å². The minimum Gasteiger partial charge on any atom is -0.462 e. The van der Waals surface area contributed by atoms with E-state index in [1.165, 1.54) is 238 Å². The molecule has 1 saturated heterocycles. The number of hydrogen-bond donors (Lipinski definition) is 4. The summed E-state index contributed by atoms with van der Waals surface area (Å²) in [6.45, 7) is 3.84. The summed E-state index contributed by atoms with van der Waals surface area (Å²) in [5, 5.41) is 31.1. The Morgan fingerprint density at radius 1 is 0.440 bits per heavy atom. The van der Waals surface area contributed by atoms with E-state index >= 15 is 0 Å². The first-order valence-electron chi connectivity index (χ1n) is 31.7. The summed E-state index contributed by atoms with van der Waals surface area (Å²) in [5.41, 5.74) is 0. The molecule has 12 nitrogen and oxygen atoms in total. The highest BCUT2D eigenvalue weighted by Gasteiger charge is 2.46. The van der Waals surface area contributed by atoms with Gasteiger partial charge in [-0.05, 0) is 38.5 Å². The van der Waals surface area contributed by atoms with Gasteiger partial charge in [0.25, 0.3) is 10.1 Å². The van der Waals surface area contributed by atoms with Crippen LogP contribution in [0.5, 0.6) is 0 Å². The number of esters is 2. The van der Waals surface area contributed by atoms with Crippen LogP contribution in [0.1, 0.15) is 316 Å². The van der Waals surface area contributed by atoms with Crippen LogP contribution in [0.4, 0.5) is 0 Å². The Labute approximate surface area is 460 Å². The van der Waals surface area contributed by atoms with Crippen molar-refractivity contribution < 1.29 is 56.8 Å². The van der Waals surface area contributed by atoms with E-state index in [9.17, 15) is 37.9 Å². The van der Waals surface area contributed by atoms with Crippen LogP contribution in [0.3, 0.4) is 0 Å². The number of ether oxygens (including phenoxy) is 4. The molecule has 1 fully saturated rings. The fourth-order valence-electron chi connectivity index (χ4n) is 10.2. The first kappa shape index (κ1) is 71.4. The molecule has 0 aromatic rings. The highest BCUT2D eigenvalue weighted by Crippen LogP contribution is 2.24. The number of hydrogen-bond acceptors (Lipinski definition) is 11. The van der Waals surface area contributed by atoms with Crippen molar-refractivity contribution in [2.24, 2.45) is 0 Å². The maximum Gasteiger partial charge on any atom is 0.306 e. The molecule has 1 rings (SSSR count). The van der Waals surface area contributed by atoms with Gasteiger partial charge >= 0.3 is 11.9 Å². The van der Waals surface area contributed by atoms with Crippen molar-refractivity contribution in [2.75, 3.05) is 19.0 Å². The predicted octanol–water partition coefficient (Wildman–Crippen LogP) is 16.1. The Kier molecular flexibility index (Phi) is 49.3. The summed E-state index contributed by atoms with van der Waals surface area (Å²) < 4.78 is 54.5. The number of carbonyl (C=O) groups is 2. The van der Waals surface area contributed by atoms with Gasteiger partial charge < -0.3 is 34.3 Å². The molecule has 0 aliphatic carbocycles. The molecular formula is C62H118O12S. The molecular weight excluding hydrogens is 969 g/mol. The molecule has 0 radical (unpaired) electrons. The zero-order valence-electron chi connectivity index (χ0n) is 48.4. The van der Waals surface area contributed by atoms with Gasteiger partial charge in [-0.3, -0.25) is 14.1 Å². The quantitative estimate of drug-likeness (QED) is 0.0196. The third-order valence-electron chi connectivity index (χ3n) is 15.1. The number of aliphatic hydroxyl groups excluding tert-OH is 3. The molecule has 6 unspecified atom stereocenters. The van der Waals surface area contributed by atoms with Gasteiger partial charge in [0.05, 0.1) is 6.61 Å². The van der Waals surface area contributed by atoms with E-state index in [4.69, 9.17) is 18.9 Å². The van der Waals surface area contributed by atoms with Crippen LogP contribution in [-0.4, -0.2) is 96.0 Å². The van der Waals surface area contributed by atoms with Crippen molar-refractivity contribution in [3.8, 4) is 0 Å². The predicted molar refractivity (Wildman–Crippen MR) is 307 cm³/mol. The maximum atomic E-state index is 13.0. The van der Waals surface area contributed by atoms with E-state index < -0.39 is 71.2 Å². The maximum absolute atomic E-state index is 13.0. The first-order chi connectivity index (χ1) is 36.5. The molecule has 0 aromatic carbocycles. The molecule has 0 spiro atoms. The second-order valence-corrected chi connectivity index (χ2v) is 23.9. The van der Waals surface area contributed by atoms with Gasteiger partial charge in [0.2, 0.25) is 0 Å². The van der Waals surface area contributed by atoms with Crippen LogP contribution in [0.2, 0.25) is 0 Å². The van der Waals surface area contributed by atoms with Crippen LogP contribution < -0.4 is 0 Å². The monoisotopic (exact) mass is 1090 g/mol. The Morgan fingerprint density at radius 3 is 1.11 bits per heavy atom. The lowest BCUT2D eigenvalue weighted by Crippen LogP contribution is -2.60. The molecule has 0 saturated carbocycles. The van der Waals surface area contributed by atoms with E-state index in [-0.39, 0.29) is 19.4 Å². The zero-order valence-corrected chi connectivity index (χ0v) is 49.3. The molecule has 0 amide bonds. The van der Waals surface area contributed by atoms with Gasteiger partial charge in [-0.2, -0.15) is 8.42 Å². The fourth-order valence-corrected chi connectivity index (χ4v) is 10.9. The minimum absolute atomic E-state index is 0.169. The summed E-state index contributed by atoms with van der Waals surface area (Å²) in [5.74, 6) is -1.96. The lowest BCUT2D eigenvalue weighted by molar-refractivity contribution is -0.297. The van der Waals surface area contributed by atoms with Crippen LogP contribution in [-0.2, 0) is 38.7 Å². The number of carbonyl (C=O) groups excluding carboxylic acids is 2. The van der Waals surface area contributed by atoms with Crippen molar-refractivity contribution in [3.05, 3.63) is 12.2 Å². The molecule has 13 heteroatoms. The zero-order chi connectivity index (χ0) is 54.7. The number of aliphatic hydroxyl groups is 3. The van der Waals surface area contributed by atoms with Crippen molar-refractivity contribution in [3.63, 3.8) is 0 Å². The molecule has 1 aliphatic rings. The largest absolute Gasteiger partial charge is 0.462 e. The summed E-state index contributed by atoms with van der Waals surface area (Å²) in [6.07, 6.45) is 52.6. The number of unbranched alkanes of at least 4 members (excludes halogenated alkanes) is 42. The lowest BCUT2D eigenvalue weighted by atomic mass is 10.00. The van der Waals surface area contributed by atoms with Crippen molar-refractivity contribution in [1.29, 1.82) is 0 Å². The van der Waals surface area contributed by atoms with Crippen LogP contribution in [0, 0.1) is 0 Å². The molecule has 444 valence electrons. The second kappa shape index (κ2) is 51.8. The normalized spacial score (nSPS) is 18.5. The van der Waals surface area contributed by atoms with Gasteiger partial charge in [-0.25, -0.2) is 0 Å². The molecule has 6 atom stereocenters. The van der Waals surface area contributed by atoms with Gasteiger partial charge in [0.15, 0.2) is 12.4 Å². The van der Waals surface area contributed by atoms with Crippen molar-refractivity contribution in [1.82, 2.24) is 0 Å². The molecule has 0 bridgehead atoms. The van der Waals surface area contributed by atoms with Gasteiger partial charge in [0.1, 0.15) is 36.8 Å². The van der Waals surface area contributed by atoms with E-state index in [0.29, 0.717) is 12.8 Å². The number of rotatable bonds is 56. The van der Waals surface area contributed by atoms with E-state index in [1.54, 1.807) is 0 Å². The average molecular weight is 1090 g/mol. The Morgan fingerprint density at radius 2 is 0.760 bits per heavy atom. The van der Waals surface area contributed by atoms with E-state index in [2.05, 4.69) is 26.0 Å². The highest BCUT2D eigenvalue weighted by molar-refractivity contribution is 7.85. The van der Waals surface area contributed by atoms with Crippen LogP contribution >= 0.6 is 0 Å². The highest BCUT2D eigenvalue weighted by atomic mass is 32.2. The molecule has 1 aliphatic heterocycles. The van der Waals surface area contributed by atoms with Gasteiger partial charge in [-0.1, -0.05) is 276 Å². The summed E-state index contributed by atoms with van der Waals surface area (Å²) in [4.78, 5) is 25.7. The summed E-state index contributed by atoms with van der Waals surface area (Å²) in [6, 6.07) is 0. The standard InChI is InChI=1S/C62H118O12S/c1-3-5-7-9-11-13-15-17-19-21-23-25-27-29-30-32-34-36-38-40-42-44-46-48-50-57(63)71-52-55(53-72-62-61(67)60(66)59(65)56(74-62)54-75(68,69)70)73-58(64)51-49-47-45-43-41-39-37-35-33-31-28-26-24-22-20-18-16-14-12-10-8-6-4-2/h22,24,55-56,59-62,65-67H,3-21,23,25-54H2,1-2H3,(H,68,69,70)/b24-22-. The Bertz CT molecular complexity index is 1410.